The van der Waals surface area contributed by atoms with Crippen LogP contribution in [0.15, 0.2) is 0 Å². The lowest BCUT2D eigenvalue weighted by Gasteiger charge is -2.07. The van der Waals surface area contributed by atoms with E-state index in [-0.39, 0.29) is 0 Å². The van der Waals surface area contributed by atoms with Crippen molar-refractivity contribution in [1.29, 1.82) is 0 Å². The molecule has 2 N–H and O–H groups in total. The first-order valence-electron chi connectivity index (χ1n) is 4.97. The van der Waals surface area contributed by atoms with Gasteiger partial charge in [0.1, 0.15) is 0 Å². The zero-order valence-electron chi connectivity index (χ0n) is 8.65. The molecule has 4 nitrogen and oxygen atoms in total. The predicted molar refractivity (Wildman–Crippen MR) is 55.8 cm³/mol. The van der Waals surface area contributed by atoms with Crippen LogP contribution in [0.25, 0.3) is 0 Å². The fraction of sp³-hybridized carbons (Fsp3) is 1.00. The smallest absolute Gasteiger partial charge is 0.261 e. The van der Waals surface area contributed by atoms with E-state index < -0.39 is 10.1 Å². The molecule has 0 radical (unpaired) electrons. The van der Waals surface area contributed by atoms with Crippen LogP contribution in [0.1, 0.15) is 38.5 Å². The Kier molecular flexibility index (Phi) is 7.13. The van der Waals surface area contributed by atoms with Gasteiger partial charge in [-0.1, -0.05) is 25.7 Å². The molecule has 0 aromatic heterocycles. The summed E-state index contributed by atoms with van der Waals surface area (Å²) in [6, 6.07) is 0. The summed E-state index contributed by atoms with van der Waals surface area (Å²) in [7, 11) is -3.67. The molecule has 0 aromatic carbocycles. The van der Waals surface area contributed by atoms with Crippen molar-refractivity contribution in [1.82, 2.24) is 0 Å². The molecule has 0 amide bonds. The maximum Gasteiger partial charge on any atom is 0.261 e. The Morgan fingerprint density at radius 3 is 1.79 bits per heavy atom. The Morgan fingerprint density at radius 1 is 1.14 bits per heavy atom. The second-order valence-corrected chi connectivity index (χ2v) is 5.24. The van der Waals surface area contributed by atoms with Gasteiger partial charge < -0.3 is 5.11 Å². The number of hydrogen-bond acceptors (Lipinski definition) is 3. The molecule has 5 heteroatoms. The zero-order valence-corrected chi connectivity index (χ0v) is 9.46. The molecule has 1 rings (SSSR count). The molecule has 0 atom stereocenters. The lowest BCUT2D eigenvalue weighted by atomic mass is 10.0. The monoisotopic (exact) mass is 224 g/mol. The van der Waals surface area contributed by atoms with Gasteiger partial charge in [-0.2, -0.15) is 8.42 Å². The highest BCUT2D eigenvalue weighted by Gasteiger charge is 2.09. The van der Waals surface area contributed by atoms with E-state index in [9.17, 15) is 8.42 Å². The fourth-order valence-corrected chi connectivity index (χ4v) is 1.55. The van der Waals surface area contributed by atoms with Crippen LogP contribution in [0.4, 0.5) is 0 Å². The van der Waals surface area contributed by atoms with Crippen molar-refractivity contribution < 1.29 is 18.1 Å². The highest BCUT2D eigenvalue weighted by atomic mass is 32.2. The molecule has 0 spiro atoms. The Balaban J connectivity index is 0.000000292. The fourth-order valence-electron chi connectivity index (χ4n) is 1.55. The largest absolute Gasteiger partial charge is 0.396 e. The number of aliphatic hydroxyl groups excluding tert-OH is 1. The van der Waals surface area contributed by atoms with Crippen molar-refractivity contribution in [2.75, 3.05) is 12.9 Å². The lowest BCUT2D eigenvalue weighted by molar-refractivity contribution is 0.212. The SMILES string of the molecule is CS(=O)(=O)O.OCC1CCCCCC1. The van der Waals surface area contributed by atoms with Crippen LogP contribution in [-0.4, -0.2) is 30.9 Å². The van der Waals surface area contributed by atoms with Crippen LogP contribution >= 0.6 is 0 Å². The van der Waals surface area contributed by atoms with Crippen LogP contribution in [-0.2, 0) is 10.1 Å². The zero-order chi connectivity index (χ0) is 11.0. The molecule has 86 valence electrons. The van der Waals surface area contributed by atoms with E-state index in [0.717, 1.165) is 0 Å². The second-order valence-electron chi connectivity index (χ2n) is 3.77. The van der Waals surface area contributed by atoms with Crippen molar-refractivity contribution in [2.45, 2.75) is 38.5 Å². The van der Waals surface area contributed by atoms with Crippen LogP contribution in [0, 0.1) is 5.92 Å². The van der Waals surface area contributed by atoms with Crippen LogP contribution in [0.2, 0.25) is 0 Å². The molecule has 0 aliphatic heterocycles. The van der Waals surface area contributed by atoms with Crippen LogP contribution in [0.3, 0.4) is 0 Å². The third-order valence-electron chi connectivity index (χ3n) is 2.23. The minimum absolute atomic E-state index is 0.417. The van der Waals surface area contributed by atoms with E-state index in [1.165, 1.54) is 38.5 Å². The Morgan fingerprint density at radius 2 is 1.50 bits per heavy atom. The van der Waals surface area contributed by atoms with Gasteiger partial charge in [0.15, 0.2) is 0 Å². The molecular weight excluding hydrogens is 204 g/mol. The van der Waals surface area contributed by atoms with Crippen molar-refractivity contribution >= 4 is 10.1 Å². The third kappa shape index (κ3) is 11.9. The number of hydrogen-bond donors (Lipinski definition) is 2. The molecule has 14 heavy (non-hydrogen) atoms. The Hall–Kier alpha value is -0.130. The lowest BCUT2D eigenvalue weighted by Crippen LogP contribution is -2.03. The van der Waals surface area contributed by atoms with Gasteiger partial charge in [-0.15, -0.1) is 0 Å². The van der Waals surface area contributed by atoms with Crippen molar-refractivity contribution in [3.8, 4) is 0 Å². The molecule has 1 saturated carbocycles. The first-order chi connectivity index (χ1) is 6.43. The average Bonchev–Trinajstić information content (AvgIpc) is 2.28. The van der Waals surface area contributed by atoms with E-state index in [4.69, 9.17) is 9.66 Å². The molecule has 1 fully saturated rings. The van der Waals surface area contributed by atoms with Gasteiger partial charge in [0.25, 0.3) is 10.1 Å². The minimum Gasteiger partial charge on any atom is -0.396 e. The van der Waals surface area contributed by atoms with Crippen molar-refractivity contribution in [2.24, 2.45) is 5.92 Å². The van der Waals surface area contributed by atoms with E-state index in [1.54, 1.807) is 0 Å². The Bertz CT molecular complexity index is 207. The molecule has 0 heterocycles. The number of rotatable bonds is 1. The van der Waals surface area contributed by atoms with Gasteiger partial charge in [0.05, 0.1) is 6.26 Å². The first kappa shape index (κ1) is 13.9. The van der Waals surface area contributed by atoms with Gasteiger partial charge in [-0.25, -0.2) is 0 Å². The summed E-state index contributed by atoms with van der Waals surface area (Å²) >= 11 is 0. The summed E-state index contributed by atoms with van der Waals surface area (Å²) in [5, 5.41) is 8.82. The summed E-state index contributed by atoms with van der Waals surface area (Å²) < 4.78 is 25.9. The molecule has 0 bridgehead atoms. The summed E-state index contributed by atoms with van der Waals surface area (Å²) in [4.78, 5) is 0. The van der Waals surface area contributed by atoms with E-state index in [0.29, 0.717) is 18.8 Å². The van der Waals surface area contributed by atoms with Crippen LogP contribution < -0.4 is 0 Å². The molecule has 0 unspecified atom stereocenters. The highest BCUT2D eigenvalue weighted by Crippen LogP contribution is 2.21. The summed E-state index contributed by atoms with van der Waals surface area (Å²) in [6.07, 6.45) is 8.68. The standard InChI is InChI=1S/C8H16O.CH4O3S/c9-7-8-5-3-1-2-4-6-8;1-5(2,3)4/h8-9H,1-7H2;1H3,(H,2,3,4). The highest BCUT2D eigenvalue weighted by molar-refractivity contribution is 7.85. The first-order valence-corrected chi connectivity index (χ1v) is 6.81. The summed E-state index contributed by atoms with van der Waals surface area (Å²) in [5.41, 5.74) is 0. The molecule has 1 aliphatic carbocycles. The minimum atomic E-state index is -3.67. The topological polar surface area (TPSA) is 74.6 Å². The van der Waals surface area contributed by atoms with E-state index in [2.05, 4.69) is 0 Å². The third-order valence-corrected chi connectivity index (χ3v) is 2.23. The average molecular weight is 224 g/mol. The molecular formula is C9H20O4S. The van der Waals surface area contributed by atoms with E-state index >= 15 is 0 Å². The van der Waals surface area contributed by atoms with Gasteiger partial charge >= 0.3 is 0 Å². The number of aliphatic hydroxyl groups is 1. The van der Waals surface area contributed by atoms with Crippen LogP contribution in [0.5, 0.6) is 0 Å². The molecule has 1 aliphatic rings. The maximum atomic E-state index is 9.19. The van der Waals surface area contributed by atoms with Gasteiger partial charge in [-0.3, -0.25) is 4.55 Å². The van der Waals surface area contributed by atoms with Gasteiger partial charge in [0.2, 0.25) is 0 Å². The summed E-state index contributed by atoms with van der Waals surface area (Å²) in [5.74, 6) is 0.632. The van der Waals surface area contributed by atoms with Crippen molar-refractivity contribution in [3.05, 3.63) is 0 Å². The predicted octanol–water partition coefficient (Wildman–Crippen LogP) is 1.45. The summed E-state index contributed by atoms with van der Waals surface area (Å²) in [6.45, 7) is 0.417. The van der Waals surface area contributed by atoms with Crippen molar-refractivity contribution in [3.63, 3.8) is 0 Å². The Labute approximate surface area is 86.1 Å². The van der Waals surface area contributed by atoms with E-state index in [1.807, 2.05) is 0 Å². The normalized spacial score (nSPS) is 19.4. The molecule has 0 aromatic rings. The second kappa shape index (κ2) is 7.20. The molecule has 0 saturated heterocycles. The van der Waals surface area contributed by atoms with Gasteiger partial charge in [-0.05, 0) is 18.8 Å². The van der Waals surface area contributed by atoms with Gasteiger partial charge in [0, 0.05) is 6.61 Å². The maximum absolute atomic E-state index is 9.19. The quantitative estimate of drug-likeness (QED) is 0.522.